The van der Waals surface area contributed by atoms with Gasteiger partial charge in [-0.1, -0.05) is 11.2 Å². The Labute approximate surface area is 175 Å². The number of thiophene rings is 1. The molecule has 2 aromatic heterocycles. The number of nitrogens with zero attached hydrogens (tertiary/aromatic N) is 1. The second-order valence-corrected chi connectivity index (χ2v) is 7.78. The first kappa shape index (κ1) is 19.8. The Balaban J connectivity index is 1.63. The van der Waals surface area contributed by atoms with Gasteiger partial charge >= 0.3 is 11.9 Å². The number of hydrogen-bond donors (Lipinski definition) is 1. The van der Waals surface area contributed by atoms with Crippen molar-refractivity contribution in [1.29, 1.82) is 0 Å². The van der Waals surface area contributed by atoms with E-state index in [9.17, 15) is 14.4 Å². The van der Waals surface area contributed by atoms with Gasteiger partial charge < -0.3 is 19.3 Å². The van der Waals surface area contributed by atoms with Crippen LogP contribution in [0.25, 0.3) is 10.6 Å². The SMILES string of the molecule is COC(=O)c1ccc(C(=O)OC)c(NC(=O)C2(c3cc(-c4cccs4)on3)CC2)c1. The second-order valence-electron chi connectivity index (χ2n) is 6.83. The lowest BCUT2D eigenvalue weighted by atomic mass is 10.00. The smallest absolute Gasteiger partial charge is 0.339 e. The number of aromatic nitrogens is 1. The predicted molar refractivity (Wildman–Crippen MR) is 108 cm³/mol. The van der Waals surface area contributed by atoms with Crippen LogP contribution < -0.4 is 5.32 Å². The maximum Gasteiger partial charge on any atom is 0.339 e. The summed E-state index contributed by atoms with van der Waals surface area (Å²) >= 11 is 1.52. The number of benzene rings is 1. The Morgan fingerprint density at radius 3 is 2.50 bits per heavy atom. The Morgan fingerprint density at radius 2 is 1.87 bits per heavy atom. The van der Waals surface area contributed by atoms with Crippen LogP contribution in [0.4, 0.5) is 5.69 Å². The van der Waals surface area contributed by atoms with Crippen molar-refractivity contribution in [2.75, 3.05) is 19.5 Å². The first-order chi connectivity index (χ1) is 14.5. The summed E-state index contributed by atoms with van der Waals surface area (Å²) in [6.07, 6.45) is 1.19. The van der Waals surface area contributed by atoms with Gasteiger partial charge in [0.05, 0.1) is 47.0 Å². The Hall–Kier alpha value is -3.46. The molecule has 0 bridgehead atoms. The summed E-state index contributed by atoms with van der Waals surface area (Å²) in [6.45, 7) is 0. The molecule has 8 nitrogen and oxygen atoms in total. The maximum absolute atomic E-state index is 13.1. The van der Waals surface area contributed by atoms with Crippen LogP contribution in [0, 0.1) is 0 Å². The molecule has 1 N–H and O–H groups in total. The fraction of sp³-hybridized carbons (Fsp3) is 0.238. The standard InChI is InChI=1S/C21H18N2O6S/c1-27-18(24)12-5-6-13(19(25)28-2)14(10-12)22-20(26)21(7-8-21)17-11-15(29-23-17)16-4-3-9-30-16/h3-6,9-11H,7-8H2,1-2H3,(H,22,26). The van der Waals surface area contributed by atoms with E-state index >= 15 is 0 Å². The van der Waals surface area contributed by atoms with Crippen molar-refractivity contribution in [3.8, 4) is 10.6 Å². The third kappa shape index (κ3) is 3.48. The van der Waals surface area contributed by atoms with E-state index in [0.717, 1.165) is 4.88 Å². The molecule has 1 saturated carbocycles. The van der Waals surface area contributed by atoms with Crippen molar-refractivity contribution in [2.24, 2.45) is 0 Å². The molecule has 2 heterocycles. The number of amides is 1. The topological polar surface area (TPSA) is 108 Å². The predicted octanol–water partition coefficient (Wildman–Crippen LogP) is 3.65. The molecule has 1 aromatic carbocycles. The van der Waals surface area contributed by atoms with Crippen LogP contribution in [0.3, 0.4) is 0 Å². The van der Waals surface area contributed by atoms with Gasteiger partial charge in [-0.25, -0.2) is 9.59 Å². The largest absolute Gasteiger partial charge is 0.465 e. The van der Waals surface area contributed by atoms with E-state index in [1.165, 1.54) is 43.8 Å². The first-order valence-corrected chi connectivity index (χ1v) is 9.99. The van der Waals surface area contributed by atoms with Gasteiger partial charge in [0.25, 0.3) is 0 Å². The Kier molecular flexibility index (Phi) is 5.13. The monoisotopic (exact) mass is 426 g/mol. The van der Waals surface area contributed by atoms with E-state index in [-0.39, 0.29) is 22.7 Å². The molecule has 0 spiro atoms. The Morgan fingerprint density at radius 1 is 1.10 bits per heavy atom. The molecule has 0 atom stereocenters. The van der Waals surface area contributed by atoms with Gasteiger partial charge in [-0.2, -0.15) is 0 Å². The molecule has 1 aliphatic carbocycles. The average molecular weight is 426 g/mol. The van der Waals surface area contributed by atoms with Crippen molar-refractivity contribution in [3.63, 3.8) is 0 Å². The minimum atomic E-state index is -0.840. The maximum atomic E-state index is 13.1. The van der Waals surface area contributed by atoms with Crippen molar-refractivity contribution >= 4 is 34.9 Å². The van der Waals surface area contributed by atoms with Gasteiger partial charge in [-0.3, -0.25) is 4.79 Å². The quantitative estimate of drug-likeness (QED) is 0.600. The molecule has 0 unspecified atom stereocenters. The van der Waals surface area contributed by atoms with Crippen LogP contribution in [-0.2, 0) is 19.7 Å². The number of carbonyl (C=O) groups excluding carboxylic acids is 3. The molecule has 9 heteroatoms. The molecule has 30 heavy (non-hydrogen) atoms. The van der Waals surface area contributed by atoms with Crippen LogP contribution in [0.15, 0.2) is 46.3 Å². The van der Waals surface area contributed by atoms with E-state index in [0.29, 0.717) is 24.3 Å². The van der Waals surface area contributed by atoms with Gasteiger partial charge in [0.15, 0.2) is 5.76 Å². The molecule has 1 fully saturated rings. The lowest BCUT2D eigenvalue weighted by Crippen LogP contribution is -2.29. The molecule has 1 amide bonds. The third-order valence-corrected chi connectivity index (χ3v) is 5.93. The number of nitrogens with one attached hydrogen (secondary N) is 1. The summed E-state index contributed by atoms with van der Waals surface area (Å²) in [6, 6.07) is 9.83. The fourth-order valence-electron chi connectivity index (χ4n) is 3.18. The number of methoxy groups -OCH3 is 2. The zero-order valence-electron chi connectivity index (χ0n) is 16.3. The normalized spacial score (nSPS) is 14.1. The first-order valence-electron chi connectivity index (χ1n) is 9.12. The second kappa shape index (κ2) is 7.75. The summed E-state index contributed by atoms with van der Waals surface area (Å²) in [4.78, 5) is 38.1. The van der Waals surface area contributed by atoms with E-state index in [2.05, 4.69) is 10.5 Å². The molecule has 3 aromatic rings. The van der Waals surface area contributed by atoms with Gasteiger partial charge in [-0.15, -0.1) is 11.3 Å². The molecular formula is C21H18N2O6S. The number of carbonyl (C=O) groups is 3. The van der Waals surface area contributed by atoms with Crippen LogP contribution >= 0.6 is 11.3 Å². The molecular weight excluding hydrogens is 408 g/mol. The van der Waals surface area contributed by atoms with Gasteiger partial charge in [0, 0.05) is 6.07 Å². The summed E-state index contributed by atoms with van der Waals surface area (Å²) in [5.74, 6) is -0.948. The summed E-state index contributed by atoms with van der Waals surface area (Å²) in [5.41, 5.74) is 0.198. The number of ether oxygens (including phenoxy) is 2. The van der Waals surface area contributed by atoms with Crippen molar-refractivity contribution in [3.05, 3.63) is 58.6 Å². The summed E-state index contributed by atoms with van der Waals surface area (Å²) in [7, 11) is 2.50. The highest BCUT2D eigenvalue weighted by atomic mass is 32.1. The van der Waals surface area contributed by atoms with Crippen molar-refractivity contribution in [1.82, 2.24) is 5.16 Å². The van der Waals surface area contributed by atoms with Crippen molar-refractivity contribution < 1.29 is 28.4 Å². The molecule has 154 valence electrons. The van der Waals surface area contributed by atoms with E-state index in [4.69, 9.17) is 14.0 Å². The van der Waals surface area contributed by atoms with Gasteiger partial charge in [0.1, 0.15) is 0 Å². The molecule has 0 aliphatic heterocycles. The number of rotatable bonds is 6. The van der Waals surface area contributed by atoms with E-state index in [1.54, 1.807) is 6.07 Å². The molecule has 0 saturated heterocycles. The third-order valence-electron chi connectivity index (χ3n) is 5.04. The number of hydrogen-bond acceptors (Lipinski definition) is 8. The van der Waals surface area contributed by atoms with Gasteiger partial charge in [0.2, 0.25) is 5.91 Å². The highest BCUT2D eigenvalue weighted by Gasteiger charge is 2.54. The van der Waals surface area contributed by atoms with Crippen LogP contribution in [0.2, 0.25) is 0 Å². The highest BCUT2D eigenvalue weighted by Crippen LogP contribution is 2.49. The number of esters is 2. The van der Waals surface area contributed by atoms with Crippen LogP contribution in [0.5, 0.6) is 0 Å². The fourth-order valence-corrected chi connectivity index (χ4v) is 3.86. The Bertz CT molecular complexity index is 1110. The highest BCUT2D eigenvalue weighted by molar-refractivity contribution is 7.13. The molecule has 4 rings (SSSR count). The van der Waals surface area contributed by atoms with Crippen LogP contribution in [0.1, 0.15) is 39.3 Å². The lowest BCUT2D eigenvalue weighted by Gasteiger charge is -2.15. The minimum Gasteiger partial charge on any atom is -0.465 e. The summed E-state index contributed by atoms with van der Waals surface area (Å²) in [5, 5.41) is 8.80. The zero-order valence-corrected chi connectivity index (χ0v) is 17.1. The van der Waals surface area contributed by atoms with Gasteiger partial charge in [-0.05, 0) is 42.5 Å². The van der Waals surface area contributed by atoms with Crippen LogP contribution in [-0.4, -0.2) is 37.2 Å². The lowest BCUT2D eigenvalue weighted by molar-refractivity contribution is -0.118. The average Bonchev–Trinajstić information content (AvgIpc) is 3.17. The molecule has 1 aliphatic rings. The van der Waals surface area contributed by atoms with Crippen molar-refractivity contribution in [2.45, 2.75) is 18.3 Å². The zero-order chi connectivity index (χ0) is 21.3. The number of anilines is 1. The minimum absolute atomic E-state index is 0.133. The summed E-state index contributed by atoms with van der Waals surface area (Å²) < 4.78 is 14.9. The van der Waals surface area contributed by atoms with E-state index in [1.807, 2.05) is 17.5 Å². The van der Waals surface area contributed by atoms with E-state index < -0.39 is 17.4 Å². The molecule has 0 radical (unpaired) electrons.